The number of phenols is 1. The molecule has 0 bridgehead atoms. The number of nitrogens with one attached hydrogen (secondary N) is 1. The molecule has 0 aromatic heterocycles. The highest BCUT2D eigenvalue weighted by atomic mass is 35.5. The van der Waals surface area contributed by atoms with Crippen molar-refractivity contribution in [1.82, 2.24) is 5.43 Å². The van der Waals surface area contributed by atoms with E-state index in [9.17, 15) is 20.0 Å². The van der Waals surface area contributed by atoms with E-state index in [0.717, 1.165) is 0 Å². The lowest BCUT2D eigenvalue weighted by molar-refractivity contribution is -0.385. The number of nitrogens with zero attached hydrogens (tertiary/aromatic N) is 2. The number of methoxy groups -OCH3 is 1. The van der Waals surface area contributed by atoms with Gasteiger partial charge in [-0.05, 0) is 30.3 Å². The Morgan fingerprint density at radius 1 is 1.38 bits per heavy atom. The van der Waals surface area contributed by atoms with Gasteiger partial charge in [0.25, 0.3) is 5.91 Å². The summed E-state index contributed by atoms with van der Waals surface area (Å²) in [5.74, 6) is -0.800. The number of halogens is 1. The largest absolute Gasteiger partial charge is 0.507 e. The highest BCUT2D eigenvalue weighted by Gasteiger charge is 2.14. The minimum Gasteiger partial charge on any atom is -0.507 e. The van der Waals surface area contributed by atoms with Gasteiger partial charge in [-0.15, -0.1) is 0 Å². The van der Waals surface area contributed by atoms with E-state index in [1.54, 1.807) is 6.07 Å². The van der Waals surface area contributed by atoms with Gasteiger partial charge in [-0.2, -0.15) is 5.10 Å². The number of phenolic OH excluding ortho intramolecular Hbond substituents is 1. The predicted molar refractivity (Wildman–Crippen MR) is 87.8 cm³/mol. The molecule has 2 aromatic carbocycles. The predicted octanol–water partition coefficient (Wildman–Crippen LogP) is 2.73. The highest BCUT2D eigenvalue weighted by Crippen LogP contribution is 2.26. The summed E-state index contributed by atoms with van der Waals surface area (Å²) in [7, 11) is 1.33. The molecule has 1 amide bonds. The molecule has 0 saturated heterocycles. The molecule has 9 heteroatoms. The maximum Gasteiger partial charge on any atom is 0.311 e. The normalized spacial score (nSPS) is 10.6. The van der Waals surface area contributed by atoms with Crippen molar-refractivity contribution in [2.45, 2.75) is 0 Å². The van der Waals surface area contributed by atoms with Crippen molar-refractivity contribution < 1.29 is 19.6 Å². The standard InChI is InChI=1S/C15H12ClN3O5/c1-24-14-5-2-9(6-12(14)19(22)23)8-17-18-15(21)11-7-10(16)3-4-13(11)20/h2-8,20H,1H3,(H,18,21)/b17-8+. The highest BCUT2D eigenvalue weighted by molar-refractivity contribution is 6.31. The number of hydrogen-bond donors (Lipinski definition) is 2. The van der Waals surface area contributed by atoms with Gasteiger partial charge < -0.3 is 9.84 Å². The van der Waals surface area contributed by atoms with Crippen LogP contribution in [-0.2, 0) is 0 Å². The van der Waals surface area contributed by atoms with E-state index in [-0.39, 0.29) is 27.8 Å². The number of nitro groups is 1. The number of rotatable bonds is 5. The number of nitro benzene ring substituents is 1. The molecule has 0 atom stereocenters. The third-order valence-corrected chi connectivity index (χ3v) is 3.22. The summed E-state index contributed by atoms with van der Waals surface area (Å²) >= 11 is 5.76. The summed E-state index contributed by atoms with van der Waals surface area (Å²) in [6.45, 7) is 0. The molecule has 0 unspecified atom stereocenters. The van der Waals surface area contributed by atoms with Crippen molar-refractivity contribution in [3.05, 3.63) is 62.7 Å². The fraction of sp³-hybridized carbons (Fsp3) is 0.0667. The molecular formula is C15H12ClN3O5. The molecule has 8 nitrogen and oxygen atoms in total. The Bertz CT molecular complexity index is 823. The van der Waals surface area contributed by atoms with Crippen LogP contribution in [0, 0.1) is 10.1 Å². The number of hydrazone groups is 1. The molecule has 0 radical (unpaired) electrons. The van der Waals surface area contributed by atoms with Gasteiger partial charge in [-0.1, -0.05) is 11.6 Å². The first-order chi connectivity index (χ1) is 11.4. The first-order valence-corrected chi connectivity index (χ1v) is 6.94. The Morgan fingerprint density at radius 2 is 2.12 bits per heavy atom. The maximum atomic E-state index is 11.9. The van der Waals surface area contributed by atoms with Gasteiger partial charge in [0.1, 0.15) is 5.75 Å². The minimum atomic E-state index is -0.672. The number of ether oxygens (including phenoxy) is 1. The average Bonchev–Trinajstić information content (AvgIpc) is 2.56. The summed E-state index contributed by atoms with van der Waals surface area (Å²) in [6, 6.07) is 8.23. The molecule has 2 N–H and O–H groups in total. The van der Waals surface area contributed by atoms with Gasteiger partial charge in [0, 0.05) is 16.7 Å². The number of benzene rings is 2. The molecule has 0 aliphatic heterocycles. The molecule has 2 rings (SSSR count). The molecule has 0 fully saturated rings. The van der Waals surface area contributed by atoms with Crippen molar-refractivity contribution in [3.8, 4) is 11.5 Å². The SMILES string of the molecule is COc1ccc(/C=N/NC(=O)c2cc(Cl)ccc2O)cc1[N+](=O)[O-]. The van der Waals surface area contributed by atoms with E-state index in [1.165, 1.54) is 43.7 Å². The van der Waals surface area contributed by atoms with Crippen LogP contribution in [0.2, 0.25) is 5.02 Å². The van der Waals surface area contributed by atoms with Crippen LogP contribution in [-0.4, -0.2) is 29.3 Å². The number of hydrogen-bond acceptors (Lipinski definition) is 6. The van der Waals surface area contributed by atoms with Crippen molar-refractivity contribution in [2.75, 3.05) is 7.11 Å². The molecule has 0 aliphatic rings. The number of carbonyl (C=O) groups is 1. The Balaban J connectivity index is 2.14. The number of amides is 1. The van der Waals surface area contributed by atoms with Crippen LogP contribution in [0.3, 0.4) is 0 Å². The van der Waals surface area contributed by atoms with Gasteiger partial charge >= 0.3 is 5.69 Å². The molecule has 124 valence electrons. The van der Waals surface area contributed by atoms with Crippen molar-refractivity contribution in [2.24, 2.45) is 5.10 Å². The van der Waals surface area contributed by atoms with E-state index >= 15 is 0 Å². The minimum absolute atomic E-state index is 0.0413. The summed E-state index contributed by atoms with van der Waals surface area (Å²) in [6.07, 6.45) is 1.23. The smallest absolute Gasteiger partial charge is 0.311 e. The zero-order valence-electron chi connectivity index (χ0n) is 12.4. The lowest BCUT2D eigenvalue weighted by atomic mass is 10.2. The second-order valence-corrected chi connectivity index (χ2v) is 4.99. The summed E-state index contributed by atoms with van der Waals surface area (Å²) in [4.78, 5) is 22.3. The van der Waals surface area contributed by atoms with Crippen LogP contribution in [0.4, 0.5) is 5.69 Å². The van der Waals surface area contributed by atoms with Crippen molar-refractivity contribution in [1.29, 1.82) is 0 Å². The third-order valence-electron chi connectivity index (χ3n) is 2.98. The van der Waals surface area contributed by atoms with Gasteiger partial charge in [0.15, 0.2) is 5.75 Å². The fourth-order valence-electron chi connectivity index (χ4n) is 1.85. The van der Waals surface area contributed by atoms with E-state index < -0.39 is 10.8 Å². The zero-order chi connectivity index (χ0) is 17.7. The molecular weight excluding hydrogens is 338 g/mol. The van der Waals surface area contributed by atoms with Gasteiger partial charge in [0.05, 0.1) is 23.8 Å². The maximum absolute atomic E-state index is 11.9. The van der Waals surface area contributed by atoms with Crippen LogP contribution in [0.15, 0.2) is 41.5 Å². The van der Waals surface area contributed by atoms with Crippen LogP contribution >= 0.6 is 11.6 Å². The number of carbonyl (C=O) groups excluding carboxylic acids is 1. The number of aromatic hydroxyl groups is 1. The molecule has 0 heterocycles. The van der Waals surface area contributed by atoms with Gasteiger partial charge in [0.2, 0.25) is 0 Å². The lowest BCUT2D eigenvalue weighted by Crippen LogP contribution is -2.17. The van der Waals surface area contributed by atoms with E-state index in [0.29, 0.717) is 5.56 Å². The Morgan fingerprint density at radius 3 is 2.79 bits per heavy atom. The first kappa shape index (κ1) is 17.2. The first-order valence-electron chi connectivity index (χ1n) is 6.56. The zero-order valence-corrected chi connectivity index (χ0v) is 13.1. The second kappa shape index (κ2) is 7.42. The molecule has 0 aliphatic carbocycles. The van der Waals surface area contributed by atoms with Crippen molar-refractivity contribution >= 4 is 29.4 Å². The Labute approximate surface area is 141 Å². The fourth-order valence-corrected chi connectivity index (χ4v) is 2.02. The van der Waals surface area contributed by atoms with Crippen LogP contribution in [0.25, 0.3) is 0 Å². The lowest BCUT2D eigenvalue weighted by Gasteiger charge is -2.04. The molecule has 24 heavy (non-hydrogen) atoms. The van der Waals surface area contributed by atoms with Gasteiger partial charge in [-0.3, -0.25) is 14.9 Å². The van der Waals surface area contributed by atoms with E-state index in [4.69, 9.17) is 16.3 Å². The van der Waals surface area contributed by atoms with E-state index in [1.807, 2.05) is 0 Å². The summed E-state index contributed by atoms with van der Waals surface area (Å²) in [5, 5.41) is 24.5. The topological polar surface area (TPSA) is 114 Å². The Hall–Kier alpha value is -3.13. The van der Waals surface area contributed by atoms with Crippen molar-refractivity contribution in [3.63, 3.8) is 0 Å². The molecule has 0 saturated carbocycles. The van der Waals surface area contributed by atoms with E-state index in [2.05, 4.69) is 10.5 Å². The molecule has 0 spiro atoms. The van der Waals surface area contributed by atoms with Gasteiger partial charge in [-0.25, -0.2) is 5.43 Å². The third kappa shape index (κ3) is 3.99. The summed E-state index contributed by atoms with van der Waals surface area (Å²) in [5.41, 5.74) is 2.33. The molecule has 2 aromatic rings. The van der Waals surface area contributed by atoms with Crippen LogP contribution < -0.4 is 10.2 Å². The quantitative estimate of drug-likeness (QED) is 0.489. The average molecular weight is 350 g/mol. The second-order valence-electron chi connectivity index (χ2n) is 4.55. The van der Waals surface area contributed by atoms with Crippen LogP contribution in [0.5, 0.6) is 11.5 Å². The summed E-state index contributed by atoms with van der Waals surface area (Å²) < 4.78 is 4.89. The van der Waals surface area contributed by atoms with Crippen LogP contribution in [0.1, 0.15) is 15.9 Å². The monoisotopic (exact) mass is 349 g/mol. The Kier molecular flexibility index (Phi) is 5.33.